The molecule has 3 rings (SSSR count). The van der Waals surface area contributed by atoms with Crippen molar-refractivity contribution in [3.8, 4) is 0 Å². The molecule has 0 unspecified atom stereocenters. The molecule has 2 fully saturated rings. The third-order valence-electron chi connectivity index (χ3n) is 6.44. The number of likely N-dealkylation sites (N-methyl/N-ethyl adjacent to an activating group) is 1. The number of benzene rings is 1. The second-order valence-corrected chi connectivity index (χ2v) is 8.40. The van der Waals surface area contributed by atoms with Crippen LogP contribution >= 0.6 is 0 Å². The zero-order valence-electron chi connectivity index (χ0n) is 17.7. The Morgan fingerprint density at radius 1 is 1.14 bits per heavy atom. The molecule has 0 aromatic heterocycles. The SMILES string of the molecule is COCCN(C)C(=O)[C@H]1CCCN(C2CCN(CCc3ccccc3)CC2)C1. The zero-order valence-corrected chi connectivity index (χ0v) is 17.7. The van der Waals surface area contributed by atoms with E-state index < -0.39 is 0 Å². The van der Waals surface area contributed by atoms with Crippen molar-refractivity contribution in [2.24, 2.45) is 5.92 Å². The molecule has 1 aromatic rings. The van der Waals surface area contributed by atoms with Gasteiger partial charge in [-0.3, -0.25) is 9.69 Å². The average Bonchev–Trinajstić information content (AvgIpc) is 2.76. The molecule has 0 N–H and O–H groups in total. The van der Waals surface area contributed by atoms with E-state index in [9.17, 15) is 4.79 Å². The molecule has 0 radical (unpaired) electrons. The number of methoxy groups -OCH3 is 1. The predicted octanol–water partition coefficient (Wildman–Crippen LogP) is 2.51. The van der Waals surface area contributed by atoms with Crippen molar-refractivity contribution in [3.05, 3.63) is 35.9 Å². The quantitative estimate of drug-likeness (QED) is 0.687. The number of amides is 1. The molecule has 2 saturated heterocycles. The highest BCUT2D eigenvalue weighted by atomic mass is 16.5. The van der Waals surface area contributed by atoms with Gasteiger partial charge in [0.2, 0.25) is 5.91 Å². The van der Waals surface area contributed by atoms with E-state index in [0.717, 1.165) is 38.9 Å². The fraction of sp³-hybridized carbons (Fsp3) is 0.696. The maximum absolute atomic E-state index is 12.7. The molecular formula is C23H37N3O2. The number of carbonyl (C=O) groups is 1. The van der Waals surface area contributed by atoms with Crippen molar-refractivity contribution in [2.45, 2.75) is 38.1 Å². The van der Waals surface area contributed by atoms with Crippen LogP contribution in [-0.4, -0.2) is 86.7 Å². The Bertz CT molecular complexity index is 587. The number of rotatable bonds is 8. The predicted molar refractivity (Wildman–Crippen MR) is 113 cm³/mol. The molecular weight excluding hydrogens is 350 g/mol. The molecule has 0 aliphatic carbocycles. The highest BCUT2D eigenvalue weighted by molar-refractivity contribution is 5.78. The summed E-state index contributed by atoms with van der Waals surface area (Å²) in [6.07, 6.45) is 5.77. The van der Waals surface area contributed by atoms with Gasteiger partial charge in [-0.1, -0.05) is 30.3 Å². The van der Waals surface area contributed by atoms with Crippen LogP contribution in [0.2, 0.25) is 0 Å². The summed E-state index contributed by atoms with van der Waals surface area (Å²) in [6, 6.07) is 11.4. The first-order chi connectivity index (χ1) is 13.7. The lowest BCUT2D eigenvalue weighted by Gasteiger charge is -2.42. The van der Waals surface area contributed by atoms with E-state index in [1.54, 1.807) is 7.11 Å². The molecule has 2 heterocycles. The molecule has 2 aliphatic heterocycles. The third-order valence-corrected chi connectivity index (χ3v) is 6.44. The maximum atomic E-state index is 12.7. The van der Waals surface area contributed by atoms with Gasteiger partial charge in [-0.15, -0.1) is 0 Å². The molecule has 156 valence electrons. The first-order valence-electron chi connectivity index (χ1n) is 10.9. The van der Waals surface area contributed by atoms with Crippen molar-refractivity contribution in [1.29, 1.82) is 0 Å². The van der Waals surface area contributed by atoms with Crippen molar-refractivity contribution in [2.75, 3.05) is 60.0 Å². The van der Waals surface area contributed by atoms with Crippen molar-refractivity contribution < 1.29 is 9.53 Å². The van der Waals surface area contributed by atoms with Crippen LogP contribution < -0.4 is 0 Å². The monoisotopic (exact) mass is 387 g/mol. The molecule has 0 bridgehead atoms. The lowest BCUT2D eigenvalue weighted by molar-refractivity contribution is -0.137. The van der Waals surface area contributed by atoms with Crippen LogP contribution in [0.25, 0.3) is 0 Å². The van der Waals surface area contributed by atoms with Gasteiger partial charge in [0.05, 0.1) is 12.5 Å². The van der Waals surface area contributed by atoms with E-state index in [4.69, 9.17) is 4.74 Å². The Hall–Kier alpha value is -1.43. The summed E-state index contributed by atoms with van der Waals surface area (Å²) in [6.45, 7) is 6.90. The Labute approximate surface area is 170 Å². The minimum atomic E-state index is 0.159. The molecule has 28 heavy (non-hydrogen) atoms. The summed E-state index contributed by atoms with van der Waals surface area (Å²) >= 11 is 0. The van der Waals surface area contributed by atoms with Gasteiger partial charge in [0.15, 0.2) is 0 Å². The van der Waals surface area contributed by atoms with Crippen molar-refractivity contribution in [1.82, 2.24) is 14.7 Å². The van der Waals surface area contributed by atoms with Gasteiger partial charge in [-0.2, -0.15) is 0 Å². The summed E-state index contributed by atoms with van der Waals surface area (Å²) in [4.78, 5) is 19.8. The molecule has 0 spiro atoms. The topological polar surface area (TPSA) is 36.0 Å². The van der Waals surface area contributed by atoms with Gasteiger partial charge in [-0.25, -0.2) is 0 Å². The number of carbonyl (C=O) groups excluding carboxylic acids is 1. The van der Waals surface area contributed by atoms with Gasteiger partial charge in [0, 0.05) is 39.8 Å². The first-order valence-corrected chi connectivity index (χ1v) is 10.9. The minimum Gasteiger partial charge on any atom is -0.383 e. The largest absolute Gasteiger partial charge is 0.383 e. The number of ether oxygens (including phenoxy) is 1. The number of hydrogen-bond donors (Lipinski definition) is 0. The third kappa shape index (κ3) is 6.03. The summed E-state index contributed by atoms with van der Waals surface area (Å²) in [5, 5.41) is 0. The van der Waals surface area contributed by atoms with Crippen LogP contribution in [0.4, 0.5) is 0 Å². The molecule has 1 atom stereocenters. The van der Waals surface area contributed by atoms with Gasteiger partial charge in [0.25, 0.3) is 0 Å². The fourth-order valence-electron chi connectivity index (χ4n) is 4.63. The second kappa shape index (κ2) is 10.9. The van der Waals surface area contributed by atoms with Crippen LogP contribution in [0.5, 0.6) is 0 Å². The summed E-state index contributed by atoms with van der Waals surface area (Å²) < 4.78 is 5.12. The molecule has 2 aliphatic rings. The Morgan fingerprint density at radius 2 is 1.89 bits per heavy atom. The molecule has 1 amide bonds. The van der Waals surface area contributed by atoms with E-state index >= 15 is 0 Å². The Morgan fingerprint density at radius 3 is 2.61 bits per heavy atom. The maximum Gasteiger partial charge on any atom is 0.226 e. The fourth-order valence-corrected chi connectivity index (χ4v) is 4.63. The van der Waals surface area contributed by atoms with E-state index in [1.165, 1.54) is 31.5 Å². The lowest BCUT2D eigenvalue weighted by Crippen LogP contribution is -2.51. The highest BCUT2D eigenvalue weighted by Crippen LogP contribution is 2.25. The van der Waals surface area contributed by atoms with Crippen LogP contribution in [0.1, 0.15) is 31.2 Å². The highest BCUT2D eigenvalue weighted by Gasteiger charge is 2.32. The van der Waals surface area contributed by atoms with E-state index in [0.29, 0.717) is 25.1 Å². The number of nitrogens with zero attached hydrogens (tertiary/aromatic N) is 3. The Balaban J connectivity index is 1.41. The summed E-state index contributed by atoms with van der Waals surface area (Å²) in [5.74, 6) is 0.453. The van der Waals surface area contributed by atoms with Crippen molar-refractivity contribution in [3.63, 3.8) is 0 Å². The number of piperidine rings is 2. The van der Waals surface area contributed by atoms with E-state index in [2.05, 4.69) is 40.1 Å². The smallest absolute Gasteiger partial charge is 0.226 e. The normalized spacial score (nSPS) is 22.3. The average molecular weight is 388 g/mol. The first kappa shape index (κ1) is 21.3. The Kier molecular flexibility index (Phi) is 8.31. The van der Waals surface area contributed by atoms with Crippen LogP contribution in [0, 0.1) is 5.92 Å². The molecule has 5 heteroatoms. The van der Waals surface area contributed by atoms with E-state index in [1.807, 2.05) is 11.9 Å². The number of likely N-dealkylation sites (tertiary alicyclic amines) is 2. The zero-order chi connectivity index (χ0) is 19.8. The van der Waals surface area contributed by atoms with Crippen molar-refractivity contribution >= 4 is 5.91 Å². The van der Waals surface area contributed by atoms with Gasteiger partial charge in [0.1, 0.15) is 0 Å². The van der Waals surface area contributed by atoms with Crippen LogP contribution in [-0.2, 0) is 16.0 Å². The molecule has 5 nitrogen and oxygen atoms in total. The standard InChI is InChI=1S/C23H37N3O2/c1-24(17-18-28-2)23(27)21-9-6-13-26(19-21)22-11-15-25(16-12-22)14-10-20-7-4-3-5-8-20/h3-5,7-8,21-22H,6,9-19H2,1-2H3/t21-/m0/s1. The lowest BCUT2D eigenvalue weighted by atomic mass is 9.93. The molecule has 0 saturated carbocycles. The van der Waals surface area contributed by atoms with Crippen LogP contribution in [0.15, 0.2) is 30.3 Å². The van der Waals surface area contributed by atoms with Gasteiger partial charge >= 0.3 is 0 Å². The summed E-state index contributed by atoms with van der Waals surface area (Å²) in [5.41, 5.74) is 1.43. The van der Waals surface area contributed by atoms with Gasteiger partial charge < -0.3 is 14.5 Å². The number of hydrogen-bond acceptors (Lipinski definition) is 4. The van der Waals surface area contributed by atoms with Crippen LogP contribution in [0.3, 0.4) is 0 Å². The van der Waals surface area contributed by atoms with Gasteiger partial charge in [-0.05, 0) is 57.3 Å². The summed E-state index contributed by atoms with van der Waals surface area (Å²) in [7, 11) is 3.60. The van der Waals surface area contributed by atoms with E-state index in [-0.39, 0.29) is 5.92 Å². The second-order valence-electron chi connectivity index (χ2n) is 8.40. The molecule has 1 aromatic carbocycles. The minimum absolute atomic E-state index is 0.159.